The van der Waals surface area contributed by atoms with Crippen molar-refractivity contribution < 1.29 is 23.9 Å². The molecule has 3 amide bonds. The predicted molar refractivity (Wildman–Crippen MR) is 108 cm³/mol. The van der Waals surface area contributed by atoms with Gasteiger partial charge in [-0.3, -0.25) is 14.5 Å². The summed E-state index contributed by atoms with van der Waals surface area (Å²) in [5.41, 5.74) is -0.361. The van der Waals surface area contributed by atoms with E-state index >= 15 is 0 Å². The topological polar surface area (TPSA) is 84.9 Å². The zero-order valence-corrected chi connectivity index (χ0v) is 17.1. The zero-order valence-electron chi connectivity index (χ0n) is 16.3. The number of carbonyl (C=O) groups excluding carboxylic acids is 3. The minimum atomic E-state index is -1.23. The summed E-state index contributed by atoms with van der Waals surface area (Å²) in [5, 5.41) is 3.27. The fourth-order valence-electron chi connectivity index (χ4n) is 3.40. The van der Waals surface area contributed by atoms with Crippen LogP contribution >= 0.6 is 11.6 Å². The first kappa shape index (κ1) is 20.7. The van der Waals surface area contributed by atoms with E-state index in [0.717, 1.165) is 4.90 Å². The monoisotopic (exact) mass is 416 g/mol. The molecule has 152 valence electrons. The van der Waals surface area contributed by atoms with Crippen molar-refractivity contribution in [1.82, 2.24) is 10.2 Å². The van der Waals surface area contributed by atoms with Crippen LogP contribution in [0.2, 0.25) is 5.02 Å². The van der Waals surface area contributed by atoms with Gasteiger partial charge in [-0.2, -0.15) is 0 Å². The number of hydrogen-bond donors (Lipinski definition) is 1. The number of nitrogens with zero attached hydrogens (tertiary/aromatic N) is 1. The standard InChI is InChI=1S/C21H21ClN2O5/c1-4-21(13-5-7-14(22)8-6-13)19(26)24(20(27)23-21)12-17(25)16-10-9-15(28-2)11-18(16)29-3/h5-11H,4,12H2,1-3H3,(H,23,27). The summed E-state index contributed by atoms with van der Waals surface area (Å²) in [5.74, 6) is -0.0637. The van der Waals surface area contributed by atoms with Crippen molar-refractivity contribution in [1.29, 1.82) is 0 Å². The number of hydrogen-bond acceptors (Lipinski definition) is 5. The molecule has 1 aliphatic heterocycles. The van der Waals surface area contributed by atoms with E-state index < -0.39 is 29.8 Å². The summed E-state index contributed by atoms with van der Waals surface area (Å²) < 4.78 is 10.4. The molecule has 1 N–H and O–H groups in total. The number of rotatable bonds is 7. The lowest BCUT2D eigenvalue weighted by molar-refractivity contribution is -0.131. The van der Waals surface area contributed by atoms with Gasteiger partial charge in [-0.05, 0) is 36.2 Å². The Balaban J connectivity index is 1.88. The van der Waals surface area contributed by atoms with Crippen LogP contribution in [-0.2, 0) is 10.3 Å². The van der Waals surface area contributed by atoms with Crippen LogP contribution < -0.4 is 14.8 Å². The molecule has 0 saturated carbocycles. The molecule has 1 aliphatic rings. The van der Waals surface area contributed by atoms with Gasteiger partial charge in [0.25, 0.3) is 5.91 Å². The van der Waals surface area contributed by atoms with Crippen molar-refractivity contribution in [3.63, 3.8) is 0 Å². The average molecular weight is 417 g/mol. The van der Waals surface area contributed by atoms with Crippen LogP contribution in [0.3, 0.4) is 0 Å². The summed E-state index contributed by atoms with van der Waals surface area (Å²) in [6, 6.07) is 10.8. The van der Waals surface area contributed by atoms with Gasteiger partial charge in [-0.25, -0.2) is 4.79 Å². The number of carbonyl (C=O) groups is 3. The third-order valence-electron chi connectivity index (χ3n) is 5.05. The number of benzene rings is 2. The van der Waals surface area contributed by atoms with Crippen molar-refractivity contribution >= 4 is 29.3 Å². The SMILES string of the molecule is CCC1(c2ccc(Cl)cc2)NC(=O)N(CC(=O)c2ccc(OC)cc2OC)C1=O. The summed E-state index contributed by atoms with van der Waals surface area (Å²) in [6.45, 7) is 1.40. The third kappa shape index (κ3) is 3.65. The highest BCUT2D eigenvalue weighted by Gasteiger charge is 2.51. The summed E-state index contributed by atoms with van der Waals surface area (Å²) in [4.78, 5) is 39.5. The molecule has 0 radical (unpaired) electrons. The Kier molecular flexibility index (Phi) is 5.79. The van der Waals surface area contributed by atoms with Crippen LogP contribution in [0.15, 0.2) is 42.5 Å². The van der Waals surface area contributed by atoms with Crippen molar-refractivity contribution in [3.8, 4) is 11.5 Å². The number of ether oxygens (including phenoxy) is 2. The quantitative estimate of drug-likeness (QED) is 0.552. The first-order chi connectivity index (χ1) is 13.9. The number of ketones is 1. The van der Waals surface area contributed by atoms with Gasteiger partial charge >= 0.3 is 6.03 Å². The largest absolute Gasteiger partial charge is 0.497 e. The molecule has 3 rings (SSSR count). The lowest BCUT2D eigenvalue weighted by Gasteiger charge is -2.25. The van der Waals surface area contributed by atoms with E-state index in [1.54, 1.807) is 49.4 Å². The second kappa shape index (κ2) is 8.13. The molecule has 8 heteroatoms. The second-order valence-corrected chi connectivity index (χ2v) is 7.01. The van der Waals surface area contributed by atoms with Crippen LogP contribution in [-0.4, -0.2) is 43.4 Å². The van der Waals surface area contributed by atoms with Crippen LogP contribution in [0.4, 0.5) is 4.79 Å². The summed E-state index contributed by atoms with van der Waals surface area (Å²) >= 11 is 5.94. The van der Waals surface area contributed by atoms with Crippen LogP contribution in [0.1, 0.15) is 29.3 Å². The summed E-state index contributed by atoms with van der Waals surface area (Å²) in [6.07, 6.45) is 0.329. The fourth-order valence-corrected chi connectivity index (χ4v) is 3.53. The van der Waals surface area contributed by atoms with Gasteiger partial charge in [-0.15, -0.1) is 0 Å². The number of amides is 3. The van der Waals surface area contributed by atoms with Gasteiger partial charge in [0, 0.05) is 11.1 Å². The highest BCUT2D eigenvalue weighted by atomic mass is 35.5. The first-order valence-corrected chi connectivity index (χ1v) is 9.39. The molecule has 0 aliphatic carbocycles. The lowest BCUT2D eigenvalue weighted by Crippen LogP contribution is -2.43. The second-order valence-electron chi connectivity index (χ2n) is 6.58. The molecule has 0 bridgehead atoms. The van der Waals surface area contributed by atoms with Crippen LogP contribution in [0.5, 0.6) is 11.5 Å². The molecule has 1 saturated heterocycles. The zero-order chi connectivity index (χ0) is 21.2. The van der Waals surface area contributed by atoms with E-state index in [0.29, 0.717) is 28.5 Å². The Morgan fingerprint density at radius 3 is 2.38 bits per heavy atom. The van der Waals surface area contributed by atoms with E-state index in [4.69, 9.17) is 21.1 Å². The number of imide groups is 1. The van der Waals surface area contributed by atoms with Gasteiger partial charge in [0.1, 0.15) is 17.0 Å². The van der Waals surface area contributed by atoms with E-state index in [2.05, 4.69) is 5.32 Å². The van der Waals surface area contributed by atoms with Crippen molar-refractivity contribution in [3.05, 3.63) is 58.6 Å². The van der Waals surface area contributed by atoms with Crippen LogP contribution in [0.25, 0.3) is 0 Å². The molecule has 1 heterocycles. The molecule has 0 aromatic heterocycles. The maximum Gasteiger partial charge on any atom is 0.325 e. The Morgan fingerprint density at radius 2 is 1.79 bits per heavy atom. The van der Waals surface area contributed by atoms with Gasteiger partial charge in [0.2, 0.25) is 0 Å². The molecule has 1 atom stereocenters. The molecule has 2 aromatic carbocycles. The summed E-state index contributed by atoms with van der Waals surface area (Å²) in [7, 11) is 2.94. The molecule has 7 nitrogen and oxygen atoms in total. The highest BCUT2D eigenvalue weighted by Crippen LogP contribution is 2.33. The average Bonchev–Trinajstić information content (AvgIpc) is 2.98. The van der Waals surface area contributed by atoms with Gasteiger partial charge < -0.3 is 14.8 Å². The Morgan fingerprint density at radius 1 is 1.10 bits per heavy atom. The van der Waals surface area contributed by atoms with E-state index in [-0.39, 0.29) is 5.56 Å². The Labute approximate surface area is 173 Å². The normalized spacial score (nSPS) is 18.6. The predicted octanol–water partition coefficient (Wildman–Crippen LogP) is 3.40. The molecular formula is C21H21ClN2O5. The maximum absolute atomic E-state index is 13.2. The molecule has 2 aromatic rings. The smallest absolute Gasteiger partial charge is 0.325 e. The van der Waals surface area contributed by atoms with Gasteiger partial charge in [0.05, 0.1) is 26.3 Å². The third-order valence-corrected chi connectivity index (χ3v) is 5.31. The Hall–Kier alpha value is -3.06. The minimum absolute atomic E-state index is 0.259. The number of Topliss-reactive ketones (excluding diaryl/α,β-unsaturated/α-hetero) is 1. The van der Waals surface area contributed by atoms with Gasteiger partial charge in [-0.1, -0.05) is 30.7 Å². The molecular weight excluding hydrogens is 396 g/mol. The molecule has 0 spiro atoms. The number of halogens is 1. The van der Waals surface area contributed by atoms with Crippen molar-refractivity contribution in [2.45, 2.75) is 18.9 Å². The van der Waals surface area contributed by atoms with Crippen LogP contribution in [0, 0.1) is 0 Å². The van der Waals surface area contributed by atoms with E-state index in [1.807, 2.05) is 0 Å². The number of urea groups is 1. The highest BCUT2D eigenvalue weighted by molar-refractivity contribution is 6.30. The van der Waals surface area contributed by atoms with E-state index in [1.165, 1.54) is 14.2 Å². The van der Waals surface area contributed by atoms with E-state index in [9.17, 15) is 14.4 Å². The fraction of sp³-hybridized carbons (Fsp3) is 0.286. The lowest BCUT2D eigenvalue weighted by atomic mass is 9.87. The first-order valence-electron chi connectivity index (χ1n) is 9.01. The Bertz CT molecular complexity index is 960. The van der Waals surface area contributed by atoms with Gasteiger partial charge in [0.15, 0.2) is 5.78 Å². The molecule has 29 heavy (non-hydrogen) atoms. The number of nitrogens with one attached hydrogen (secondary N) is 1. The number of methoxy groups -OCH3 is 2. The van der Waals surface area contributed by atoms with Crippen molar-refractivity contribution in [2.24, 2.45) is 0 Å². The minimum Gasteiger partial charge on any atom is -0.497 e. The molecule has 1 unspecified atom stereocenters. The maximum atomic E-state index is 13.2. The van der Waals surface area contributed by atoms with Crippen molar-refractivity contribution in [2.75, 3.05) is 20.8 Å². The molecule has 1 fully saturated rings.